The van der Waals surface area contributed by atoms with Crippen LogP contribution in [0.1, 0.15) is 0 Å². The van der Waals surface area contributed by atoms with Gasteiger partial charge in [0, 0.05) is 6.07 Å². The van der Waals surface area contributed by atoms with Gasteiger partial charge in [-0.15, -0.1) is 0 Å². The van der Waals surface area contributed by atoms with Gasteiger partial charge in [0.2, 0.25) is 9.84 Å². The lowest BCUT2D eigenvalue weighted by atomic mass is 10.4. The van der Waals surface area contributed by atoms with Crippen LogP contribution in [0.15, 0.2) is 58.3 Å². The molecule has 0 spiro atoms. The van der Waals surface area contributed by atoms with Crippen molar-refractivity contribution in [2.75, 3.05) is 0 Å². The van der Waals surface area contributed by atoms with E-state index in [0.717, 1.165) is 0 Å². The first-order chi connectivity index (χ1) is 7.21. The van der Waals surface area contributed by atoms with Crippen LogP contribution in [0, 0.1) is 12.1 Å². The maximum atomic E-state index is 12.0. The lowest BCUT2D eigenvalue weighted by Gasteiger charge is -2.02. The highest BCUT2D eigenvalue weighted by Crippen LogP contribution is 2.18. The Bertz CT molecular complexity index is 485. The monoisotopic (exact) mass is 216 g/mol. The molecule has 0 heterocycles. The highest BCUT2D eigenvalue weighted by molar-refractivity contribution is 7.91. The van der Waals surface area contributed by atoms with E-state index in [0.29, 0.717) is 0 Å². The minimum Gasteiger partial charge on any atom is -0.218 e. The molecular formula is C12H8O2S. The Morgan fingerprint density at radius 2 is 1.73 bits per heavy atom. The molecule has 15 heavy (non-hydrogen) atoms. The van der Waals surface area contributed by atoms with E-state index in [-0.39, 0.29) is 9.79 Å². The van der Waals surface area contributed by atoms with Crippen LogP contribution in [-0.2, 0) is 9.84 Å². The van der Waals surface area contributed by atoms with Gasteiger partial charge in [-0.3, -0.25) is 0 Å². The quantitative estimate of drug-likeness (QED) is 0.770. The van der Waals surface area contributed by atoms with Gasteiger partial charge in [0.05, 0.1) is 9.79 Å². The maximum absolute atomic E-state index is 12.0. The van der Waals surface area contributed by atoms with Crippen molar-refractivity contribution in [3.8, 4) is 0 Å². The molecule has 0 aromatic heterocycles. The molecule has 2 rings (SSSR count). The van der Waals surface area contributed by atoms with Gasteiger partial charge in [-0.1, -0.05) is 30.3 Å². The summed E-state index contributed by atoms with van der Waals surface area (Å²) in [5.41, 5.74) is 0. The first-order valence-electron chi connectivity index (χ1n) is 4.39. The second kappa shape index (κ2) is 3.87. The summed E-state index contributed by atoms with van der Waals surface area (Å²) in [6.07, 6.45) is 0. The predicted octanol–water partition coefficient (Wildman–Crippen LogP) is 2.12. The van der Waals surface area contributed by atoms with Gasteiger partial charge < -0.3 is 0 Å². The van der Waals surface area contributed by atoms with Crippen molar-refractivity contribution < 1.29 is 8.42 Å². The molecule has 2 aromatic rings. The van der Waals surface area contributed by atoms with Crippen LogP contribution in [-0.4, -0.2) is 8.42 Å². The van der Waals surface area contributed by atoms with Gasteiger partial charge in [-0.05, 0) is 24.3 Å². The molecule has 0 saturated carbocycles. The summed E-state index contributed by atoms with van der Waals surface area (Å²) in [4.78, 5) is 0.428. The molecule has 2 nitrogen and oxygen atoms in total. The third-order valence-corrected chi connectivity index (χ3v) is 3.67. The molecule has 2 aromatic carbocycles. The lowest BCUT2D eigenvalue weighted by molar-refractivity contribution is 0.596. The zero-order valence-electron chi connectivity index (χ0n) is 7.84. The molecule has 0 aliphatic heterocycles. The van der Waals surface area contributed by atoms with Crippen LogP contribution in [0.4, 0.5) is 0 Å². The Hall–Kier alpha value is -1.61. The number of rotatable bonds is 2. The molecule has 0 atom stereocenters. The smallest absolute Gasteiger partial charge is 0.207 e. The summed E-state index contributed by atoms with van der Waals surface area (Å²) in [6.45, 7) is 0. The van der Waals surface area contributed by atoms with Crippen molar-refractivity contribution in [1.29, 1.82) is 0 Å². The molecule has 3 heteroatoms. The highest BCUT2D eigenvalue weighted by atomic mass is 32.2. The molecule has 0 N–H and O–H groups in total. The van der Waals surface area contributed by atoms with Crippen molar-refractivity contribution in [3.63, 3.8) is 0 Å². The van der Waals surface area contributed by atoms with Crippen LogP contribution in [0.2, 0.25) is 0 Å². The summed E-state index contributed by atoms with van der Waals surface area (Å²) in [5.74, 6) is 0. The van der Waals surface area contributed by atoms with Gasteiger partial charge in [-0.25, -0.2) is 8.42 Å². The summed E-state index contributed by atoms with van der Waals surface area (Å²) in [5, 5.41) is 0. The lowest BCUT2D eigenvalue weighted by Crippen LogP contribution is -2.01. The highest BCUT2D eigenvalue weighted by Gasteiger charge is 2.16. The minimum atomic E-state index is -3.43. The summed E-state index contributed by atoms with van der Waals surface area (Å²) in [7, 11) is -3.43. The van der Waals surface area contributed by atoms with Crippen LogP contribution in [0.25, 0.3) is 0 Å². The van der Waals surface area contributed by atoms with E-state index in [2.05, 4.69) is 12.1 Å². The number of sulfone groups is 1. The molecule has 0 bridgehead atoms. The number of hydrogen-bond acceptors (Lipinski definition) is 2. The average molecular weight is 216 g/mol. The van der Waals surface area contributed by atoms with Gasteiger partial charge >= 0.3 is 0 Å². The van der Waals surface area contributed by atoms with Crippen molar-refractivity contribution in [3.05, 3.63) is 60.7 Å². The van der Waals surface area contributed by atoms with E-state index in [1.54, 1.807) is 36.4 Å². The molecule has 0 unspecified atom stereocenters. The van der Waals surface area contributed by atoms with E-state index < -0.39 is 9.84 Å². The Morgan fingerprint density at radius 3 is 2.33 bits per heavy atom. The number of benzene rings is 2. The zero-order valence-corrected chi connectivity index (χ0v) is 8.66. The fourth-order valence-corrected chi connectivity index (χ4v) is 2.43. The first-order valence-corrected chi connectivity index (χ1v) is 5.87. The van der Waals surface area contributed by atoms with Crippen LogP contribution < -0.4 is 0 Å². The van der Waals surface area contributed by atoms with Crippen LogP contribution in [0.3, 0.4) is 0 Å². The number of hydrogen-bond donors (Lipinski definition) is 0. The Kier molecular flexibility index (Phi) is 2.56. The zero-order chi connectivity index (χ0) is 10.7. The Balaban J connectivity index is 2.55. The predicted molar refractivity (Wildman–Crippen MR) is 56.0 cm³/mol. The maximum Gasteiger partial charge on any atom is 0.207 e. The third-order valence-electron chi connectivity index (χ3n) is 1.96. The topological polar surface area (TPSA) is 34.1 Å². The van der Waals surface area contributed by atoms with Crippen LogP contribution in [0.5, 0.6) is 0 Å². The normalized spacial score (nSPS) is 11.2. The van der Waals surface area contributed by atoms with Gasteiger partial charge in [0.1, 0.15) is 0 Å². The Morgan fingerprint density at radius 1 is 1.00 bits per heavy atom. The SMILES string of the molecule is O=S(=O)(c1[c]cc[c]c1)c1ccccc1. The molecule has 0 amide bonds. The first kappa shape index (κ1) is 9.93. The van der Waals surface area contributed by atoms with Crippen molar-refractivity contribution in [2.24, 2.45) is 0 Å². The van der Waals surface area contributed by atoms with Gasteiger partial charge in [0.15, 0.2) is 0 Å². The summed E-state index contributed by atoms with van der Waals surface area (Å²) < 4.78 is 24.0. The fourth-order valence-electron chi connectivity index (χ4n) is 1.22. The molecule has 74 valence electrons. The summed E-state index contributed by atoms with van der Waals surface area (Å²) >= 11 is 0. The second-order valence-electron chi connectivity index (χ2n) is 2.97. The van der Waals surface area contributed by atoms with Crippen molar-refractivity contribution in [2.45, 2.75) is 9.79 Å². The molecule has 2 radical (unpaired) electrons. The van der Waals surface area contributed by atoms with E-state index in [1.807, 2.05) is 0 Å². The standard InChI is InChI=1S/C12H8O2S/c13-15(14,11-7-3-1-4-8-11)12-9-5-2-6-10-12/h1-5,7-8,10H. The fraction of sp³-hybridized carbons (Fsp3) is 0. The van der Waals surface area contributed by atoms with Gasteiger partial charge in [-0.2, -0.15) is 0 Å². The largest absolute Gasteiger partial charge is 0.218 e. The Labute approximate surface area is 89.1 Å². The molecule has 0 saturated heterocycles. The minimum absolute atomic E-state index is 0.149. The van der Waals surface area contributed by atoms with Crippen LogP contribution >= 0.6 is 0 Å². The van der Waals surface area contributed by atoms with E-state index in [9.17, 15) is 8.42 Å². The van der Waals surface area contributed by atoms with Crippen molar-refractivity contribution in [1.82, 2.24) is 0 Å². The molecule has 0 aliphatic rings. The second-order valence-corrected chi connectivity index (χ2v) is 4.89. The molecule has 0 fully saturated rings. The third kappa shape index (κ3) is 1.92. The molecule has 0 aliphatic carbocycles. The van der Waals surface area contributed by atoms with Gasteiger partial charge in [0.25, 0.3) is 0 Å². The van der Waals surface area contributed by atoms with E-state index in [1.165, 1.54) is 12.1 Å². The van der Waals surface area contributed by atoms with Crippen molar-refractivity contribution >= 4 is 9.84 Å². The molecular weight excluding hydrogens is 208 g/mol. The summed E-state index contributed by atoms with van der Waals surface area (Å²) in [6, 6.07) is 18.3. The average Bonchev–Trinajstić information content (AvgIpc) is 2.31. The van der Waals surface area contributed by atoms with E-state index >= 15 is 0 Å². The van der Waals surface area contributed by atoms with E-state index in [4.69, 9.17) is 0 Å².